The molecule has 1 amide bonds. The van der Waals surface area contributed by atoms with Crippen LogP contribution in [-0.2, 0) is 4.79 Å². The molecule has 1 aromatic heterocycles. The molecule has 6 nitrogen and oxygen atoms in total. The van der Waals surface area contributed by atoms with Gasteiger partial charge in [0.2, 0.25) is 5.89 Å². The fourth-order valence-electron chi connectivity index (χ4n) is 2.96. The van der Waals surface area contributed by atoms with Crippen LogP contribution in [0.3, 0.4) is 0 Å². The van der Waals surface area contributed by atoms with Crippen LogP contribution in [0.15, 0.2) is 34.7 Å². The molecule has 0 bridgehead atoms. The fraction of sp³-hybridized carbons (Fsp3) is 0.353. The second-order valence-corrected chi connectivity index (χ2v) is 6.15. The van der Waals surface area contributed by atoms with Gasteiger partial charge in [0.15, 0.2) is 11.1 Å². The summed E-state index contributed by atoms with van der Waals surface area (Å²) in [6.07, 6.45) is -5.65. The predicted molar refractivity (Wildman–Crippen MR) is 83.3 cm³/mol. The molecule has 138 valence electrons. The number of rotatable bonds is 3. The molecule has 0 aliphatic carbocycles. The first-order chi connectivity index (χ1) is 12.2. The third-order valence-electron chi connectivity index (χ3n) is 4.53. The number of aromatic nitrogens is 1. The molecule has 1 saturated heterocycles. The number of alkyl halides is 3. The van der Waals surface area contributed by atoms with E-state index in [0.29, 0.717) is 5.56 Å². The smallest absolute Gasteiger partial charge is 0.406 e. The maximum atomic E-state index is 13.3. The number of aliphatic carboxylic acids is 1. The average molecular weight is 368 g/mol. The normalized spacial score (nSPS) is 20.4. The minimum Gasteiger partial charge on any atom is -0.481 e. The first-order valence-electron chi connectivity index (χ1n) is 7.78. The Morgan fingerprint density at radius 2 is 1.92 bits per heavy atom. The minimum absolute atomic E-state index is 0.118. The molecule has 9 heteroatoms. The van der Waals surface area contributed by atoms with Gasteiger partial charge in [-0.25, -0.2) is 4.98 Å². The number of hydrogen-bond acceptors (Lipinski definition) is 4. The molecule has 1 aliphatic rings. The Morgan fingerprint density at radius 1 is 1.27 bits per heavy atom. The standard InChI is InChI=1S/C17H15F3N2O4/c1-10-12(21-13(26-10)11-5-3-2-4-6-11)14(23)22-8-7-16(9-22,15(24)25)17(18,19)20/h2-6H,7-9H2,1H3,(H,24,25). The highest BCUT2D eigenvalue weighted by atomic mass is 19.4. The van der Waals surface area contributed by atoms with Gasteiger partial charge < -0.3 is 14.4 Å². The lowest BCUT2D eigenvalue weighted by Gasteiger charge is -2.27. The number of aryl methyl sites for hydroxylation is 1. The van der Waals surface area contributed by atoms with Crippen molar-refractivity contribution in [3.63, 3.8) is 0 Å². The lowest BCUT2D eigenvalue weighted by Crippen LogP contribution is -2.47. The van der Waals surface area contributed by atoms with Crippen molar-refractivity contribution in [3.8, 4) is 11.5 Å². The topological polar surface area (TPSA) is 83.6 Å². The molecule has 1 fully saturated rings. The van der Waals surface area contributed by atoms with E-state index in [0.717, 1.165) is 4.90 Å². The van der Waals surface area contributed by atoms with Crippen LogP contribution in [0.5, 0.6) is 0 Å². The number of carbonyl (C=O) groups excluding carboxylic acids is 1. The zero-order chi connectivity index (χ0) is 19.1. The van der Waals surface area contributed by atoms with Crippen molar-refractivity contribution in [2.24, 2.45) is 5.41 Å². The van der Waals surface area contributed by atoms with Gasteiger partial charge in [0, 0.05) is 18.7 Å². The third kappa shape index (κ3) is 2.83. The van der Waals surface area contributed by atoms with Gasteiger partial charge >= 0.3 is 12.1 Å². The van der Waals surface area contributed by atoms with E-state index in [1.54, 1.807) is 30.3 Å². The second kappa shape index (κ2) is 6.15. The lowest BCUT2D eigenvalue weighted by atomic mass is 9.86. The summed E-state index contributed by atoms with van der Waals surface area (Å²) in [6.45, 7) is 0.214. The number of hydrogen-bond donors (Lipinski definition) is 1. The molecule has 1 N–H and O–H groups in total. The van der Waals surface area contributed by atoms with E-state index in [4.69, 9.17) is 9.52 Å². The highest BCUT2D eigenvalue weighted by Crippen LogP contribution is 2.46. The van der Waals surface area contributed by atoms with Crippen LogP contribution in [-0.4, -0.2) is 46.1 Å². The maximum absolute atomic E-state index is 13.3. The molecular weight excluding hydrogens is 353 g/mol. The van der Waals surface area contributed by atoms with Gasteiger partial charge in [0.1, 0.15) is 5.76 Å². The molecule has 1 unspecified atom stereocenters. The number of oxazole rings is 1. The molecular formula is C17H15F3N2O4. The second-order valence-electron chi connectivity index (χ2n) is 6.15. The number of benzene rings is 1. The quantitative estimate of drug-likeness (QED) is 0.900. The van der Waals surface area contributed by atoms with Crippen molar-refractivity contribution >= 4 is 11.9 Å². The first-order valence-corrected chi connectivity index (χ1v) is 7.78. The monoisotopic (exact) mass is 368 g/mol. The van der Waals surface area contributed by atoms with Crippen molar-refractivity contribution in [1.82, 2.24) is 9.88 Å². The predicted octanol–water partition coefficient (Wildman–Crippen LogP) is 3.13. The number of halogens is 3. The zero-order valence-corrected chi connectivity index (χ0v) is 13.7. The molecule has 1 aromatic carbocycles. The first kappa shape index (κ1) is 18.0. The van der Waals surface area contributed by atoms with Gasteiger partial charge in [-0.2, -0.15) is 13.2 Å². The summed E-state index contributed by atoms with van der Waals surface area (Å²) < 4.78 is 45.2. The molecule has 0 radical (unpaired) electrons. The van der Waals surface area contributed by atoms with Gasteiger partial charge in [0.25, 0.3) is 5.91 Å². The highest BCUT2D eigenvalue weighted by Gasteiger charge is 2.64. The SMILES string of the molecule is Cc1oc(-c2ccccc2)nc1C(=O)N1CCC(C(=O)O)(C(F)(F)F)C1. The molecule has 1 atom stereocenters. The van der Waals surface area contributed by atoms with Crippen LogP contribution in [0.4, 0.5) is 13.2 Å². The summed E-state index contributed by atoms with van der Waals surface area (Å²) in [7, 11) is 0. The summed E-state index contributed by atoms with van der Waals surface area (Å²) in [6, 6.07) is 8.73. The summed E-state index contributed by atoms with van der Waals surface area (Å²) in [5, 5.41) is 9.08. The Bertz CT molecular complexity index is 847. The van der Waals surface area contributed by atoms with Gasteiger partial charge in [-0.05, 0) is 25.5 Å². The Balaban J connectivity index is 1.87. The van der Waals surface area contributed by atoms with E-state index in [1.165, 1.54) is 6.92 Å². The lowest BCUT2D eigenvalue weighted by molar-refractivity contribution is -0.227. The fourth-order valence-corrected chi connectivity index (χ4v) is 2.96. The Morgan fingerprint density at radius 3 is 2.46 bits per heavy atom. The van der Waals surface area contributed by atoms with Crippen molar-refractivity contribution < 1.29 is 32.3 Å². The van der Waals surface area contributed by atoms with E-state index >= 15 is 0 Å². The summed E-state index contributed by atoms with van der Waals surface area (Å²) in [5.74, 6) is -2.43. The van der Waals surface area contributed by atoms with E-state index in [-0.39, 0.29) is 23.9 Å². The molecule has 1 aliphatic heterocycles. The number of carboxylic acids is 1. The zero-order valence-electron chi connectivity index (χ0n) is 13.7. The van der Waals surface area contributed by atoms with E-state index in [9.17, 15) is 22.8 Å². The third-order valence-corrected chi connectivity index (χ3v) is 4.53. The Kier molecular flexibility index (Phi) is 4.25. The van der Waals surface area contributed by atoms with E-state index in [2.05, 4.69) is 4.98 Å². The van der Waals surface area contributed by atoms with Gasteiger partial charge in [-0.1, -0.05) is 18.2 Å². The van der Waals surface area contributed by atoms with Crippen molar-refractivity contribution in [2.75, 3.05) is 13.1 Å². The minimum atomic E-state index is -4.96. The summed E-state index contributed by atoms with van der Waals surface area (Å²) >= 11 is 0. The Labute approximate surface area is 146 Å². The van der Waals surface area contributed by atoms with Crippen molar-refractivity contribution in [3.05, 3.63) is 41.8 Å². The largest absolute Gasteiger partial charge is 0.481 e. The van der Waals surface area contributed by atoms with Crippen molar-refractivity contribution in [2.45, 2.75) is 19.5 Å². The highest BCUT2D eigenvalue weighted by molar-refractivity contribution is 5.94. The molecule has 26 heavy (non-hydrogen) atoms. The van der Waals surface area contributed by atoms with Gasteiger partial charge in [0.05, 0.1) is 0 Å². The average Bonchev–Trinajstić information content (AvgIpc) is 3.19. The number of carbonyl (C=O) groups is 2. The number of carboxylic acid groups (broad SMARTS) is 1. The summed E-state index contributed by atoms with van der Waals surface area (Å²) in [5.41, 5.74) is -2.46. The molecule has 2 aromatic rings. The van der Waals surface area contributed by atoms with Crippen molar-refractivity contribution in [1.29, 1.82) is 0 Å². The molecule has 0 spiro atoms. The van der Waals surface area contributed by atoms with Gasteiger partial charge in [-0.3, -0.25) is 9.59 Å². The maximum Gasteiger partial charge on any atom is 0.406 e. The van der Waals surface area contributed by atoms with Crippen LogP contribution in [0, 0.1) is 12.3 Å². The number of likely N-dealkylation sites (tertiary alicyclic amines) is 1. The van der Waals surface area contributed by atoms with Crippen LogP contribution in [0.1, 0.15) is 22.7 Å². The number of amides is 1. The van der Waals surface area contributed by atoms with Crippen LogP contribution < -0.4 is 0 Å². The van der Waals surface area contributed by atoms with E-state index in [1.807, 2.05) is 0 Å². The van der Waals surface area contributed by atoms with Crippen LogP contribution >= 0.6 is 0 Å². The number of nitrogens with zero attached hydrogens (tertiary/aromatic N) is 2. The van der Waals surface area contributed by atoms with E-state index < -0.39 is 36.4 Å². The molecule has 3 rings (SSSR count). The van der Waals surface area contributed by atoms with Gasteiger partial charge in [-0.15, -0.1) is 0 Å². The Hall–Kier alpha value is -2.84. The molecule has 2 heterocycles. The summed E-state index contributed by atoms with van der Waals surface area (Å²) in [4.78, 5) is 28.8. The molecule has 0 saturated carbocycles. The van der Waals surface area contributed by atoms with Crippen LogP contribution in [0.25, 0.3) is 11.5 Å². The van der Waals surface area contributed by atoms with Crippen LogP contribution in [0.2, 0.25) is 0 Å².